The lowest BCUT2D eigenvalue weighted by atomic mass is 10.2. The summed E-state index contributed by atoms with van der Waals surface area (Å²) in [6, 6.07) is 8.86. The van der Waals surface area contributed by atoms with Crippen molar-refractivity contribution in [1.82, 2.24) is 20.1 Å². The minimum atomic E-state index is 0.0804. The number of hydrogen-bond donors (Lipinski definition) is 1. The van der Waals surface area contributed by atoms with Crippen LogP contribution in [0.4, 0.5) is 17.5 Å². The van der Waals surface area contributed by atoms with Gasteiger partial charge in [-0.25, -0.2) is 9.97 Å². The monoisotopic (exact) mass is 460 g/mol. The van der Waals surface area contributed by atoms with Gasteiger partial charge in [-0.15, -0.1) is 0 Å². The van der Waals surface area contributed by atoms with Crippen molar-refractivity contribution in [3.63, 3.8) is 0 Å². The van der Waals surface area contributed by atoms with Gasteiger partial charge in [-0.05, 0) is 23.4 Å². The average Bonchev–Trinajstić information content (AvgIpc) is 3.24. The number of fused-ring (bicyclic) bond motifs is 1. The summed E-state index contributed by atoms with van der Waals surface area (Å²) in [6.45, 7) is 0.0804. The van der Waals surface area contributed by atoms with Gasteiger partial charge in [-0.1, -0.05) is 29.3 Å². The van der Waals surface area contributed by atoms with Crippen LogP contribution in [0.3, 0.4) is 0 Å². The van der Waals surface area contributed by atoms with Gasteiger partial charge in [-0.2, -0.15) is 4.98 Å². The van der Waals surface area contributed by atoms with Crippen LogP contribution in [0, 0.1) is 0 Å². The Bertz CT molecular complexity index is 1230. The smallest absolute Gasteiger partial charge is 0.266 e. The van der Waals surface area contributed by atoms with Gasteiger partial charge >= 0.3 is 0 Å². The molecule has 0 fully saturated rings. The van der Waals surface area contributed by atoms with E-state index in [0.29, 0.717) is 50.4 Å². The number of nitrogens with one attached hydrogen (secondary N) is 1. The summed E-state index contributed by atoms with van der Waals surface area (Å²) in [5, 5.41) is 8.62. The molecular formula is C20H18Cl2N6O3. The molecule has 0 aliphatic heterocycles. The Morgan fingerprint density at radius 3 is 2.71 bits per heavy atom. The van der Waals surface area contributed by atoms with Crippen molar-refractivity contribution in [1.29, 1.82) is 0 Å². The number of nitrogens with zero attached hydrogens (tertiary/aromatic N) is 5. The van der Waals surface area contributed by atoms with Crippen molar-refractivity contribution >= 4 is 51.6 Å². The molecule has 1 N–H and O–H groups in total. The van der Waals surface area contributed by atoms with E-state index < -0.39 is 0 Å². The summed E-state index contributed by atoms with van der Waals surface area (Å²) >= 11 is 12.4. The van der Waals surface area contributed by atoms with Gasteiger partial charge in [0.25, 0.3) is 11.8 Å². The minimum absolute atomic E-state index is 0.0804. The molecule has 0 unspecified atom stereocenters. The predicted octanol–water partition coefficient (Wildman–Crippen LogP) is 4.72. The highest BCUT2D eigenvalue weighted by Crippen LogP contribution is 2.37. The number of hydrogen-bond acceptors (Lipinski definition) is 9. The van der Waals surface area contributed by atoms with Crippen LogP contribution in [0.2, 0.25) is 10.0 Å². The first-order valence-corrected chi connectivity index (χ1v) is 9.88. The zero-order valence-corrected chi connectivity index (χ0v) is 18.4. The molecule has 4 aromatic rings. The first kappa shape index (κ1) is 21.0. The molecule has 0 saturated carbocycles. The zero-order chi connectivity index (χ0) is 22.0. The maximum absolute atomic E-state index is 6.29. The van der Waals surface area contributed by atoms with E-state index in [9.17, 15) is 0 Å². The first-order valence-electron chi connectivity index (χ1n) is 9.12. The second kappa shape index (κ2) is 8.83. The first-order chi connectivity index (χ1) is 15.0. The van der Waals surface area contributed by atoms with E-state index in [1.54, 1.807) is 36.3 Å². The largest absolute Gasteiger partial charge is 0.493 e. The predicted molar refractivity (Wildman–Crippen MR) is 119 cm³/mol. The van der Waals surface area contributed by atoms with E-state index in [0.717, 1.165) is 5.39 Å². The van der Waals surface area contributed by atoms with Gasteiger partial charge in [0.2, 0.25) is 0 Å². The highest BCUT2D eigenvalue weighted by molar-refractivity contribution is 6.43. The van der Waals surface area contributed by atoms with Crippen molar-refractivity contribution in [3.05, 3.63) is 52.6 Å². The Labute approximate surface area is 187 Å². The summed E-state index contributed by atoms with van der Waals surface area (Å²) < 4.78 is 16.5. The lowest BCUT2D eigenvalue weighted by molar-refractivity contribution is 0.234. The molecular weight excluding hydrogens is 443 g/mol. The molecule has 160 valence electrons. The van der Waals surface area contributed by atoms with E-state index in [-0.39, 0.29) is 6.61 Å². The molecule has 0 aliphatic carbocycles. The lowest BCUT2D eigenvalue weighted by Gasteiger charge is -2.14. The minimum Gasteiger partial charge on any atom is -0.493 e. The molecule has 0 saturated heterocycles. The maximum atomic E-state index is 6.29. The van der Waals surface area contributed by atoms with E-state index in [1.807, 2.05) is 20.2 Å². The molecule has 0 radical (unpaired) electrons. The third-order valence-corrected chi connectivity index (χ3v) is 5.15. The molecule has 31 heavy (non-hydrogen) atoms. The van der Waals surface area contributed by atoms with E-state index in [2.05, 4.69) is 25.4 Å². The SMILES string of the molecule is COc1cc2c(Nc3cccc(Cl)c3Cl)ncnc2cc1OCc1nc(N(C)C)no1. The Kier molecular flexibility index (Phi) is 5.97. The van der Waals surface area contributed by atoms with Crippen LogP contribution in [0.5, 0.6) is 11.5 Å². The third-order valence-electron chi connectivity index (χ3n) is 4.33. The standard InChI is InChI=1S/C20H18Cl2N6O3/c1-28(2)20-26-17(31-27-20)9-30-16-8-14-11(7-15(16)29-3)19(24-10-23-14)25-13-6-4-5-12(21)18(13)22/h4-8,10H,9H2,1-3H3,(H,23,24,25). The average molecular weight is 461 g/mol. The highest BCUT2D eigenvalue weighted by atomic mass is 35.5. The molecule has 11 heteroatoms. The Morgan fingerprint density at radius 1 is 1.13 bits per heavy atom. The number of ether oxygens (including phenoxy) is 2. The van der Waals surface area contributed by atoms with Crippen molar-refractivity contribution in [2.24, 2.45) is 0 Å². The summed E-state index contributed by atoms with van der Waals surface area (Å²) in [5.74, 6) is 2.32. The van der Waals surface area contributed by atoms with Crippen LogP contribution in [-0.4, -0.2) is 41.3 Å². The lowest BCUT2D eigenvalue weighted by Crippen LogP contribution is -2.10. The number of methoxy groups -OCH3 is 1. The summed E-state index contributed by atoms with van der Waals surface area (Å²) in [4.78, 5) is 14.7. The number of aromatic nitrogens is 4. The fraction of sp³-hybridized carbons (Fsp3) is 0.200. The molecule has 0 spiro atoms. The van der Waals surface area contributed by atoms with Crippen LogP contribution in [0.15, 0.2) is 41.2 Å². The second-order valence-electron chi connectivity index (χ2n) is 6.64. The summed E-state index contributed by atoms with van der Waals surface area (Å²) in [6.07, 6.45) is 1.45. The van der Waals surface area contributed by atoms with Crippen molar-refractivity contribution in [2.45, 2.75) is 6.61 Å². The molecule has 0 bridgehead atoms. The molecule has 0 amide bonds. The second-order valence-corrected chi connectivity index (χ2v) is 7.43. The van der Waals surface area contributed by atoms with Crippen LogP contribution in [0.25, 0.3) is 10.9 Å². The summed E-state index contributed by atoms with van der Waals surface area (Å²) in [7, 11) is 5.20. The Morgan fingerprint density at radius 2 is 1.97 bits per heavy atom. The van der Waals surface area contributed by atoms with Gasteiger partial charge in [0.15, 0.2) is 18.1 Å². The van der Waals surface area contributed by atoms with Gasteiger partial charge in [0, 0.05) is 25.5 Å². The van der Waals surface area contributed by atoms with Crippen LogP contribution in [0.1, 0.15) is 5.89 Å². The molecule has 9 nitrogen and oxygen atoms in total. The molecule has 0 atom stereocenters. The normalized spacial score (nSPS) is 10.9. The van der Waals surface area contributed by atoms with Gasteiger partial charge in [0.1, 0.15) is 12.1 Å². The van der Waals surface area contributed by atoms with Crippen molar-refractivity contribution < 1.29 is 14.0 Å². The zero-order valence-electron chi connectivity index (χ0n) is 16.9. The van der Waals surface area contributed by atoms with Gasteiger partial charge in [0.05, 0.1) is 28.4 Å². The molecule has 2 aromatic carbocycles. The van der Waals surface area contributed by atoms with Gasteiger partial charge < -0.3 is 24.2 Å². The number of halogens is 2. The number of anilines is 3. The van der Waals surface area contributed by atoms with Gasteiger partial charge in [-0.3, -0.25) is 0 Å². The van der Waals surface area contributed by atoms with Crippen LogP contribution >= 0.6 is 23.2 Å². The van der Waals surface area contributed by atoms with Crippen molar-refractivity contribution in [2.75, 3.05) is 31.4 Å². The fourth-order valence-electron chi connectivity index (χ4n) is 2.79. The van der Waals surface area contributed by atoms with Crippen molar-refractivity contribution in [3.8, 4) is 11.5 Å². The van der Waals surface area contributed by atoms with E-state index in [1.165, 1.54) is 6.33 Å². The number of rotatable bonds is 7. The van der Waals surface area contributed by atoms with E-state index >= 15 is 0 Å². The molecule has 4 rings (SSSR count). The summed E-state index contributed by atoms with van der Waals surface area (Å²) in [5.41, 5.74) is 1.27. The quantitative estimate of drug-likeness (QED) is 0.419. The van der Waals surface area contributed by atoms with E-state index in [4.69, 9.17) is 37.2 Å². The fourth-order valence-corrected chi connectivity index (χ4v) is 3.14. The molecule has 2 aromatic heterocycles. The topological polar surface area (TPSA) is 98.4 Å². The Balaban J connectivity index is 1.64. The highest BCUT2D eigenvalue weighted by Gasteiger charge is 2.15. The maximum Gasteiger partial charge on any atom is 0.266 e. The third kappa shape index (κ3) is 4.42. The molecule has 2 heterocycles. The van der Waals surface area contributed by atoms with Crippen LogP contribution in [-0.2, 0) is 6.61 Å². The van der Waals surface area contributed by atoms with Crippen LogP contribution < -0.4 is 19.7 Å². The number of benzene rings is 2. The molecule has 0 aliphatic rings. The Hall–Kier alpha value is -3.30.